The van der Waals surface area contributed by atoms with Gasteiger partial charge in [-0.05, 0) is 72.9 Å². The Labute approximate surface area is 140 Å². The van der Waals surface area contributed by atoms with Crippen molar-refractivity contribution in [1.82, 2.24) is 5.32 Å². The van der Waals surface area contributed by atoms with Gasteiger partial charge in [0.15, 0.2) is 0 Å². The van der Waals surface area contributed by atoms with E-state index in [-0.39, 0.29) is 0 Å². The van der Waals surface area contributed by atoms with Crippen LogP contribution in [0.1, 0.15) is 37.3 Å². The van der Waals surface area contributed by atoms with Crippen molar-refractivity contribution in [3.63, 3.8) is 0 Å². The summed E-state index contributed by atoms with van der Waals surface area (Å²) in [4.78, 5) is 3.83. The summed E-state index contributed by atoms with van der Waals surface area (Å²) in [6.07, 6.45) is 0. The number of hydrogen-bond donors (Lipinski definition) is 1. The SMILES string of the molecule is CNC(C)c1ccc(N(Cc2cccs2)C(C)C)c(Br)c1. The summed E-state index contributed by atoms with van der Waals surface area (Å²) in [5.41, 5.74) is 2.55. The third kappa shape index (κ3) is 4.09. The molecule has 2 nitrogen and oxygen atoms in total. The van der Waals surface area contributed by atoms with Crippen LogP contribution in [-0.2, 0) is 6.54 Å². The number of nitrogens with one attached hydrogen (secondary N) is 1. The molecule has 1 atom stereocenters. The normalized spacial score (nSPS) is 12.7. The maximum Gasteiger partial charge on any atom is 0.0526 e. The van der Waals surface area contributed by atoms with Crippen LogP contribution in [0.4, 0.5) is 5.69 Å². The second-order valence-corrected chi connectivity index (χ2v) is 7.41. The molecule has 0 bridgehead atoms. The minimum Gasteiger partial charge on any atom is -0.363 e. The lowest BCUT2D eigenvalue weighted by molar-refractivity contribution is 0.650. The third-order valence-corrected chi connectivity index (χ3v) is 5.24. The summed E-state index contributed by atoms with van der Waals surface area (Å²) in [6.45, 7) is 7.61. The van der Waals surface area contributed by atoms with Crippen molar-refractivity contribution in [1.29, 1.82) is 0 Å². The van der Waals surface area contributed by atoms with Crippen LogP contribution in [0.15, 0.2) is 40.2 Å². The highest BCUT2D eigenvalue weighted by Crippen LogP contribution is 2.32. The zero-order valence-electron chi connectivity index (χ0n) is 13.1. The van der Waals surface area contributed by atoms with Crippen LogP contribution < -0.4 is 10.2 Å². The van der Waals surface area contributed by atoms with E-state index in [2.05, 4.69) is 82.6 Å². The largest absolute Gasteiger partial charge is 0.363 e. The van der Waals surface area contributed by atoms with Gasteiger partial charge >= 0.3 is 0 Å². The fraction of sp³-hybridized carbons (Fsp3) is 0.412. The summed E-state index contributed by atoms with van der Waals surface area (Å²) in [5, 5.41) is 5.42. The lowest BCUT2D eigenvalue weighted by Gasteiger charge is -2.30. The number of nitrogens with zero attached hydrogens (tertiary/aromatic N) is 1. The zero-order valence-corrected chi connectivity index (χ0v) is 15.5. The Balaban J connectivity index is 2.28. The van der Waals surface area contributed by atoms with E-state index in [1.165, 1.54) is 16.1 Å². The number of halogens is 1. The first-order chi connectivity index (χ1) is 10.0. The zero-order chi connectivity index (χ0) is 15.4. The van der Waals surface area contributed by atoms with Gasteiger partial charge in [-0.2, -0.15) is 0 Å². The molecule has 1 unspecified atom stereocenters. The average Bonchev–Trinajstić information content (AvgIpc) is 2.97. The molecule has 1 N–H and O–H groups in total. The minimum atomic E-state index is 0.361. The molecule has 4 heteroatoms. The summed E-state index contributed by atoms with van der Waals surface area (Å²) < 4.78 is 1.16. The van der Waals surface area contributed by atoms with E-state index in [0.29, 0.717) is 12.1 Å². The Hall–Kier alpha value is -0.840. The monoisotopic (exact) mass is 366 g/mol. The standard InChI is InChI=1S/C17H23BrN2S/c1-12(2)20(11-15-6-5-9-21-15)17-8-7-14(10-16(17)18)13(3)19-4/h5-10,12-13,19H,11H2,1-4H3. The Morgan fingerprint density at radius 1 is 1.24 bits per heavy atom. The fourth-order valence-corrected chi connectivity index (χ4v) is 3.64. The first-order valence-corrected chi connectivity index (χ1v) is 8.96. The molecule has 0 spiro atoms. The van der Waals surface area contributed by atoms with Crippen LogP contribution >= 0.6 is 27.3 Å². The van der Waals surface area contributed by atoms with Crippen LogP contribution in [-0.4, -0.2) is 13.1 Å². The van der Waals surface area contributed by atoms with Gasteiger partial charge in [-0.15, -0.1) is 11.3 Å². The molecule has 0 fully saturated rings. The van der Waals surface area contributed by atoms with Crippen molar-refractivity contribution >= 4 is 33.0 Å². The summed E-state index contributed by atoms with van der Waals surface area (Å²) in [5.74, 6) is 0. The molecule has 0 amide bonds. The van der Waals surface area contributed by atoms with Gasteiger partial charge in [-0.1, -0.05) is 12.1 Å². The molecular weight excluding hydrogens is 344 g/mol. The summed E-state index contributed by atoms with van der Waals surface area (Å²) in [7, 11) is 1.99. The first kappa shape index (κ1) is 16.5. The van der Waals surface area contributed by atoms with Crippen LogP contribution in [0.25, 0.3) is 0 Å². The first-order valence-electron chi connectivity index (χ1n) is 7.28. The van der Waals surface area contributed by atoms with E-state index < -0.39 is 0 Å². The van der Waals surface area contributed by atoms with Gasteiger partial charge in [0.05, 0.1) is 12.2 Å². The minimum absolute atomic E-state index is 0.361. The van der Waals surface area contributed by atoms with E-state index in [4.69, 9.17) is 0 Å². The Morgan fingerprint density at radius 3 is 2.52 bits per heavy atom. The van der Waals surface area contributed by atoms with E-state index in [1.54, 1.807) is 0 Å². The average molecular weight is 367 g/mol. The van der Waals surface area contributed by atoms with Gasteiger partial charge < -0.3 is 10.2 Å². The van der Waals surface area contributed by atoms with E-state index in [1.807, 2.05) is 18.4 Å². The number of rotatable bonds is 6. The Bertz CT molecular complexity index is 566. The van der Waals surface area contributed by atoms with Crippen molar-refractivity contribution in [2.75, 3.05) is 11.9 Å². The smallest absolute Gasteiger partial charge is 0.0526 e. The van der Waals surface area contributed by atoms with Crippen molar-refractivity contribution in [2.24, 2.45) is 0 Å². The van der Waals surface area contributed by atoms with Gasteiger partial charge in [0.2, 0.25) is 0 Å². The predicted octanol–water partition coefficient (Wildman–Crippen LogP) is 5.21. The third-order valence-electron chi connectivity index (χ3n) is 3.74. The highest BCUT2D eigenvalue weighted by atomic mass is 79.9. The van der Waals surface area contributed by atoms with Crippen molar-refractivity contribution in [3.8, 4) is 0 Å². The highest BCUT2D eigenvalue weighted by Gasteiger charge is 2.16. The molecule has 0 aliphatic rings. The molecular formula is C17H23BrN2S. The maximum atomic E-state index is 3.75. The summed E-state index contributed by atoms with van der Waals surface area (Å²) in [6, 6.07) is 11.8. The van der Waals surface area contributed by atoms with Crippen LogP contribution in [0.5, 0.6) is 0 Å². The van der Waals surface area contributed by atoms with Gasteiger partial charge in [-0.25, -0.2) is 0 Å². The number of anilines is 1. The van der Waals surface area contributed by atoms with Crippen LogP contribution in [0, 0.1) is 0 Å². The van der Waals surface area contributed by atoms with Crippen molar-refractivity contribution < 1.29 is 0 Å². The van der Waals surface area contributed by atoms with Crippen LogP contribution in [0.2, 0.25) is 0 Å². The molecule has 0 saturated carbocycles. The molecule has 0 aliphatic heterocycles. The second kappa shape index (κ2) is 7.43. The number of thiophene rings is 1. The van der Waals surface area contributed by atoms with Crippen LogP contribution in [0.3, 0.4) is 0 Å². The van der Waals surface area contributed by atoms with Crippen molar-refractivity contribution in [3.05, 3.63) is 50.6 Å². The highest BCUT2D eigenvalue weighted by molar-refractivity contribution is 9.10. The predicted molar refractivity (Wildman–Crippen MR) is 97.3 cm³/mol. The van der Waals surface area contributed by atoms with Gasteiger partial charge in [0, 0.05) is 21.4 Å². The quantitative estimate of drug-likeness (QED) is 0.754. The number of benzene rings is 1. The molecule has 1 aromatic carbocycles. The maximum absolute atomic E-state index is 3.75. The van der Waals surface area contributed by atoms with Gasteiger partial charge in [-0.3, -0.25) is 0 Å². The number of hydrogen-bond acceptors (Lipinski definition) is 3. The molecule has 1 aromatic heterocycles. The molecule has 0 saturated heterocycles. The molecule has 0 aliphatic carbocycles. The Kier molecular flexibility index (Phi) is 5.85. The van der Waals surface area contributed by atoms with Gasteiger partial charge in [0.25, 0.3) is 0 Å². The lowest BCUT2D eigenvalue weighted by Crippen LogP contribution is -2.30. The lowest BCUT2D eigenvalue weighted by atomic mass is 10.1. The Morgan fingerprint density at radius 2 is 2.00 bits per heavy atom. The fourth-order valence-electron chi connectivity index (χ4n) is 2.31. The van der Waals surface area contributed by atoms with Crippen molar-refractivity contribution in [2.45, 2.75) is 39.4 Å². The second-order valence-electron chi connectivity index (χ2n) is 5.52. The van der Waals surface area contributed by atoms with E-state index >= 15 is 0 Å². The topological polar surface area (TPSA) is 15.3 Å². The summed E-state index contributed by atoms with van der Waals surface area (Å²) >= 11 is 5.57. The molecule has 2 rings (SSSR count). The van der Waals surface area contributed by atoms with E-state index in [0.717, 1.165) is 11.0 Å². The molecule has 2 aromatic rings. The molecule has 0 radical (unpaired) electrons. The molecule has 1 heterocycles. The van der Waals surface area contributed by atoms with Gasteiger partial charge in [0.1, 0.15) is 0 Å². The molecule has 114 valence electrons. The molecule has 21 heavy (non-hydrogen) atoms. The van der Waals surface area contributed by atoms with E-state index in [9.17, 15) is 0 Å².